The van der Waals surface area contributed by atoms with Crippen LogP contribution in [0.2, 0.25) is 0 Å². The van der Waals surface area contributed by atoms with Gasteiger partial charge in [0.1, 0.15) is 11.6 Å². The summed E-state index contributed by atoms with van der Waals surface area (Å²) in [5.41, 5.74) is -1.34. The van der Waals surface area contributed by atoms with Gasteiger partial charge in [-0.3, -0.25) is 19.3 Å². The zero-order valence-corrected chi connectivity index (χ0v) is 27.1. The Labute approximate surface area is 267 Å². The minimum atomic E-state index is -1.18. The first-order valence-corrected chi connectivity index (χ1v) is 16.5. The highest BCUT2D eigenvalue weighted by Crippen LogP contribution is 2.65. The number of hydrogen-bond acceptors (Lipinski definition) is 7. The summed E-state index contributed by atoms with van der Waals surface area (Å²) in [4.78, 5) is 51.6. The van der Waals surface area contributed by atoms with Crippen molar-refractivity contribution >= 4 is 23.4 Å². The number of morpholine rings is 1. The van der Waals surface area contributed by atoms with Gasteiger partial charge in [-0.2, -0.15) is 0 Å². The van der Waals surface area contributed by atoms with E-state index < -0.39 is 35.1 Å². The maximum Gasteiger partial charge on any atom is 0.248 e. The lowest BCUT2D eigenvalue weighted by Gasteiger charge is -2.41. The number of benzene rings is 1. The van der Waals surface area contributed by atoms with E-state index in [0.717, 1.165) is 18.8 Å². The van der Waals surface area contributed by atoms with Gasteiger partial charge < -0.3 is 29.3 Å². The van der Waals surface area contributed by atoms with Gasteiger partial charge in [0.15, 0.2) is 0 Å². The molecule has 4 heterocycles. The second-order valence-corrected chi connectivity index (χ2v) is 13.2. The van der Waals surface area contributed by atoms with Gasteiger partial charge in [0.2, 0.25) is 17.7 Å². The number of ether oxygens (including phenoxy) is 2. The predicted molar refractivity (Wildman–Crippen MR) is 172 cm³/mol. The van der Waals surface area contributed by atoms with Crippen LogP contribution in [-0.4, -0.2) is 120 Å². The average Bonchev–Trinajstić information content (AvgIpc) is 3.66. The molecule has 5 rings (SSSR count). The van der Waals surface area contributed by atoms with Crippen LogP contribution in [0.15, 0.2) is 55.6 Å². The number of carbonyl (C=O) groups excluding carboxylic acids is 3. The van der Waals surface area contributed by atoms with Crippen molar-refractivity contribution in [2.45, 2.75) is 63.3 Å². The van der Waals surface area contributed by atoms with Crippen LogP contribution in [0.1, 0.15) is 40.0 Å². The van der Waals surface area contributed by atoms with Crippen LogP contribution in [0.3, 0.4) is 0 Å². The minimum Gasteiger partial charge on any atom is -0.394 e. The quantitative estimate of drug-likeness (QED) is 0.319. The standard InChI is InChI=1S/C35H50N4O6/c1-6-16-37(19-18-36-20-22-44-23-21-36)33(43)30-35-15-14-34(8-3,45-35)28(29(35)32(42)39(30)27(24-40)25(4)5)31(41)38(17-7-2)26-12-10-9-11-13-26/h6-7,9-13,25,27-30,40H,1-2,8,14-24H2,3-5H3/t27-,28-,29-,30?,34+,35?/m0/s1. The van der Waals surface area contributed by atoms with Gasteiger partial charge in [-0.15, -0.1) is 13.2 Å². The number of hydrogen-bond donors (Lipinski definition) is 1. The molecule has 1 N–H and O–H groups in total. The Morgan fingerprint density at radius 2 is 1.78 bits per heavy atom. The van der Waals surface area contributed by atoms with Crippen LogP contribution in [0, 0.1) is 17.8 Å². The summed E-state index contributed by atoms with van der Waals surface area (Å²) >= 11 is 0. The third-order valence-electron chi connectivity index (χ3n) is 10.5. The van der Waals surface area contributed by atoms with Crippen LogP contribution < -0.4 is 4.90 Å². The maximum atomic E-state index is 14.8. The zero-order valence-electron chi connectivity index (χ0n) is 27.1. The Morgan fingerprint density at radius 3 is 2.38 bits per heavy atom. The molecule has 2 bridgehead atoms. The molecule has 0 aliphatic carbocycles. The molecule has 45 heavy (non-hydrogen) atoms. The lowest BCUT2D eigenvalue weighted by molar-refractivity contribution is -0.157. The molecule has 2 unspecified atom stereocenters. The number of aliphatic hydroxyl groups is 1. The molecule has 4 aliphatic rings. The van der Waals surface area contributed by atoms with Crippen LogP contribution in [-0.2, 0) is 23.9 Å². The lowest BCUT2D eigenvalue weighted by atomic mass is 9.64. The number of aliphatic hydroxyl groups excluding tert-OH is 1. The molecule has 246 valence electrons. The number of fused-ring (bicyclic) bond motifs is 1. The fraction of sp³-hybridized carbons (Fsp3) is 0.629. The van der Waals surface area contributed by atoms with E-state index in [1.807, 2.05) is 51.1 Å². The van der Waals surface area contributed by atoms with E-state index in [-0.39, 0.29) is 36.8 Å². The molecule has 0 aromatic heterocycles. The van der Waals surface area contributed by atoms with E-state index in [1.165, 1.54) is 0 Å². The largest absolute Gasteiger partial charge is 0.394 e. The first-order valence-electron chi connectivity index (χ1n) is 16.5. The molecular formula is C35H50N4O6. The highest BCUT2D eigenvalue weighted by molar-refractivity contribution is 6.03. The number of carbonyl (C=O) groups is 3. The number of anilines is 1. The fourth-order valence-corrected chi connectivity index (χ4v) is 8.22. The summed E-state index contributed by atoms with van der Waals surface area (Å²) in [6.45, 7) is 18.0. The summed E-state index contributed by atoms with van der Waals surface area (Å²) in [5.74, 6) is -2.45. The Bertz CT molecular complexity index is 1250. The second-order valence-electron chi connectivity index (χ2n) is 13.2. The van der Waals surface area contributed by atoms with Crippen molar-refractivity contribution in [2.75, 3.05) is 64.0 Å². The predicted octanol–water partition coefficient (Wildman–Crippen LogP) is 2.72. The zero-order chi connectivity index (χ0) is 32.4. The molecule has 1 aromatic carbocycles. The van der Waals surface area contributed by atoms with Gasteiger partial charge in [-0.1, -0.05) is 51.1 Å². The maximum absolute atomic E-state index is 14.8. The average molecular weight is 623 g/mol. The highest BCUT2D eigenvalue weighted by atomic mass is 16.5. The van der Waals surface area contributed by atoms with E-state index in [0.29, 0.717) is 52.1 Å². The third-order valence-corrected chi connectivity index (χ3v) is 10.5. The SMILES string of the molecule is C=CCN(CCN1CCOCC1)C(=O)C1N([C@@H](CO)C(C)C)C(=O)[C@@H]2[C@@H](C(=O)N(CC=C)c3ccccc3)[C@@]3(CC)CCC12O3. The van der Waals surface area contributed by atoms with Crippen LogP contribution in [0.25, 0.3) is 0 Å². The van der Waals surface area contributed by atoms with E-state index in [2.05, 4.69) is 18.1 Å². The van der Waals surface area contributed by atoms with Crippen molar-refractivity contribution in [1.82, 2.24) is 14.7 Å². The van der Waals surface area contributed by atoms with Gasteiger partial charge in [-0.05, 0) is 37.3 Å². The van der Waals surface area contributed by atoms with Crippen molar-refractivity contribution in [1.29, 1.82) is 0 Å². The van der Waals surface area contributed by atoms with Crippen molar-refractivity contribution < 1.29 is 29.0 Å². The molecular weight excluding hydrogens is 572 g/mol. The molecule has 3 amide bonds. The molecule has 6 atom stereocenters. The summed E-state index contributed by atoms with van der Waals surface area (Å²) < 4.78 is 12.5. The summed E-state index contributed by atoms with van der Waals surface area (Å²) in [5, 5.41) is 10.6. The van der Waals surface area contributed by atoms with Gasteiger partial charge in [0.05, 0.1) is 43.3 Å². The molecule has 1 aromatic rings. The normalized spacial score (nSPS) is 29.9. The lowest BCUT2D eigenvalue weighted by Crippen LogP contribution is -2.60. The number of nitrogens with zero attached hydrogens (tertiary/aromatic N) is 4. The molecule has 4 fully saturated rings. The number of para-hydroxylation sites is 1. The van der Waals surface area contributed by atoms with Crippen molar-refractivity contribution in [3.8, 4) is 0 Å². The van der Waals surface area contributed by atoms with Crippen LogP contribution in [0.4, 0.5) is 5.69 Å². The van der Waals surface area contributed by atoms with Crippen molar-refractivity contribution in [2.24, 2.45) is 17.8 Å². The molecule has 1 spiro atoms. The molecule has 4 aliphatic heterocycles. The summed E-state index contributed by atoms with van der Waals surface area (Å²) in [7, 11) is 0. The van der Waals surface area contributed by atoms with Crippen molar-refractivity contribution in [3.05, 3.63) is 55.6 Å². The van der Waals surface area contributed by atoms with Gasteiger partial charge >= 0.3 is 0 Å². The van der Waals surface area contributed by atoms with Gasteiger partial charge in [0, 0.05) is 45.0 Å². The number of amides is 3. The van der Waals surface area contributed by atoms with E-state index in [4.69, 9.17) is 9.47 Å². The molecule has 4 saturated heterocycles. The monoisotopic (exact) mass is 622 g/mol. The Balaban J connectivity index is 1.56. The Kier molecular flexibility index (Phi) is 10.2. The fourth-order valence-electron chi connectivity index (χ4n) is 8.22. The number of likely N-dealkylation sites (tertiary alicyclic amines) is 1. The summed E-state index contributed by atoms with van der Waals surface area (Å²) in [6, 6.07) is 7.84. The van der Waals surface area contributed by atoms with Gasteiger partial charge in [0.25, 0.3) is 0 Å². The summed E-state index contributed by atoms with van der Waals surface area (Å²) in [6.07, 6.45) is 4.98. The van der Waals surface area contributed by atoms with Gasteiger partial charge in [-0.25, -0.2) is 0 Å². The molecule has 0 radical (unpaired) electrons. The molecule has 10 heteroatoms. The second kappa shape index (κ2) is 13.7. The molecule has 0 saturated carbocycles. The highest BCUT2D eigenvalue weighted by Gasteiger charge is 2.79. The Hall–Kier alpha value is -3.05. The van der Waals surface area contributed by atoms with E-state index in [9.17, 15) is 19.5 Å². The Morgan fingerprint density at radius 1 is 1.09 bits per heavy atom. The van der Waals surface area contributed by atoms with Crippen LogP contribution in [0.5, 0.6) is 0 Å². The number of rotatable bonds is 14. The third kappa shape index (κ3) is 5.75. The van der Waals surface area contributed by atoms with E-state index >= 15 is 0 Å². The van der Waals surface area contributed by atoms with Crippen molar-refractivity contribution in [3.63, 3.8) is 0 Å². The van der Waals surface area contributed by atoms with E-state index in [1.54, 1.807) is 26.9 Å². The first-order chi connectivity index (χ1) is 21.7. The smallest absolute Gasteiger partial charge is 0.248 e. The molecule has 10 nitrogen and oxygen atoms in total. The topological polar surface area (TPSA) is 103 Å². The first kappa shape index (κ1) is 33.3. The minimum absolute atomic E-state index is 0.126. The van der Waals surface area contributed by atoms with Crippen LogP contribution >= 0.6 is 0 Å².